The number of nitrogens with zero attached hydrogens (tertiary/aromatic N) is 2. The highest BCUT2D eigenvalue weighted by Gasteiger charge is 2.30. The summed E-state index contributed by atoms with van der Waals surface area (Å²) in [6.07, 6.45) is 5.52. The predicted octanol–water partition coefficient (Wildman–Crippen LogP) is 1.51. The van der Waals surface area contributed by atoms with Gasteiger partial charge < -0.3 is 10.1 Å². The lowest BCUT2D eigenvalue weighted by Gasteiger charge is -2.34. The Bertz CT molecular complexity index is 311. The first-order valence-corrected chi connectivity index (χ1v) is 5.44. The third kappa shape index (κ3) is 2.79. The van der Waals surface area contributed by atoms with Crippen LogP contribution in [0.3, 0.4) is 0 Å². The average Bonchev–Trinajstić information content (AvgIpc) is 2.18. The summed E-state index contributed by atoms with van der Waals surface area (Å²) in [4.78, 5) is 7.98. The van der Waals surface area contributed by atoms with Crippen LogP contribution in [0.5, 0.6) is 6.01 Å². The normalized spacial score (nSPS) is 24.7. The van der Waals surface area contributed by atoms with Crippen molar-refractivity contribution in [1.29, 1.82) is 0 Å². The van der Waals surface area contributed by atoms with E-state index in [0.717, 1.165) is 25.3 Å². The lowest BCUT2D eigenvalue weighted by Crippen LogP contribution is -2.38. The molecule has 0 saturated heterocycles. The lowest BCUT2D eigenvalue weighted by atomic mass is 9.82. The van der Waals surface area contributed by atoms with Gasteiger partial charge in [0.15, 0.2) is 0 Å². The van der Waals surface area contributed by atoms with Crippen LogP contribution in [0.15, 0.2) is 12.4 Å². The van der Waals surface area contributed by atoms with E-state index in [1.54, 1.807) is 12.4 Å². The minimum Gasteiger partial charge on any atom is -0.460 e. The minimum absolute atomic E-state index is 0.268. The topological polar surface area (TPSA) is 47.0 Å². The third-order valence-corrected chi connectivity index (χ3v) is 2.75. The second-order valence-electron chi connectivity index (χ2n) is 3.82. The molecule has 15 heavy (non-hydrogen) atoms. The van der Waals surface area contributed by atoms with Gasteiger partial charge in [0.2, 0.25) is 0 Å². The molecule has 1 heterocycles. The van der Waals surface area contributed by atoms with E-state index in [4.69, 9.17) is 16.3 Å². The average molecular weight is 228 g/mol. The van der Waals surface area contributed by atoms with E-state index in [9.17, 15) is 0 Å². The van der Waals surface area contributed by atoms with Crippen molar-refractivity contribution in [1.82, 2.24) is 15.3 Å². The van der Waals surface area contributed by atoms with E-state index >= 15 is 0 Å². The van der Waals surface area contributed by atoms with Crippen LogP contribution < -0.4 is 10.1 Å². The highest BCUT2D eigenvalue weighted by Crippen LogP contribution is 2.29. The Morgan fingerprint density at radius 1 is 1.47 bits per heavy atom. The van der Waals surface area contributed by atoms with Crippen molar-refractivity contribution < 1.29 is 4.74 Å². The van der Waals surface area contributed by atoms with Crippen LogP contribution in [0.25, 0.3) is 0 Å². The van der Waals surface area contributed by atoms with Gasteiger partial charge in [-0.1, -0.05) is 11.6 Å². The molecule has 1 aromatic rings. The molecule has 1 aromatic heterocycles. The zero-order chi connectivity index (χ0) is 10.7. The summed E-state index contributed by atoms with van der Waals surface area (Å²) in [5.74, 6) is 0.729. The van der Waals surface area contributed by atoms with Crippen LogP contribution in [-0.4, -0.2) is 29.7 Å². The van der Waals surface area contributed by atoms with Crippen LogP contribution in [0.2, 0.25) is 5.02 Å². The van der Waals surface area contributed by atoms with E-state index in [0.29, 0.717) is 11.0 Å². The minimum atomic E-state index is 0.268. The molecule has 1 saturated carbocycles. The molecule has 2 rings (SSSR count). The highest BCUT2D eigenvalue weighted by molar-refractivity contribution is 6.30. The number of aromatic nitrogens is 2. The zero-order valence-corrected chi connectivity index (χ0v) is 9.37. The van der Waals surface area contributed by atoms with Crippen LogP contribution in [0, 0.1) is 5.92 Å². The van der Waals surface area contributed by atoms with E-state index in [2.05, 4.69) is 15.3 Å². The smallest absolute Gasteiger partial charge is 0.316 e. The molecule has 0 radical (unpaired) electrons. The highest BCUT2D eigenvalue weighted by atomic mass is 35.5. The van der Waals surface area contributed by atoms with Gasteiger partial charge in [0.05, 0.1) is 17.4 Å². The molecule has 0 bridgehead atoms. The van der Waals surface area contributed by atoms with Crippen molar-refractivity contribution in [2.45, 2.75) is 18.9 Å². The number of nitrogens with one attached hydrogen (secondary N) is 1. The van der Waals surface area contributed by atoms with Crippen molar-refractivity contribution in [3.63, 3.8) is 0 Å². The summed E-state index contributed by atoms with van der Waals surface area (Å²) < 4.78 is 5.57. The van der Waals surface area contributed by atoms with E-state index in [1.807, 2.05) is 7.05 Å². The second kappa shape index (κ2) is 4.77. The summed E-state index contributed by atoms with van der Waals surface area (Å²) in [6.45, 7) is 1.06. The molecule has 0 amide bonds. The molecule has 5 heteroatoms. The first-order valence-electron chi connectivity index (χ1n) is 5.06. The third-order valence-electron chi connectivity index (χ3n) is 2.55. The fraction of sp³-hybridized carbons (Fsp3) is 0.600. The Balaban J connectivity index is 1.77. The summed E-state index contributed by atoms with van der Waals surface area (Å²) in [5.41, 5.74) is 0. The maximum Gasteiger partial charge on any atom is 0.316 e. The van der Waals surface area contributed by atoms with Crippen molar-refractivity contribution in [3.8, 4) is 6.01 Å². The van der Waals surface area contributed by atoms with Crippen molar-refractivity contribution in [3.05, 3.63) is 17.4 Å². The molecule has 1 aliphatic rings. The summed E-state index contributed by atoms with van der Waals surface area (Å²) >= 11 is 5.67. The SMILES string of the molecule is CNCC1CC(Oc2ncc(Cl)cn2)C1. The first kappa shape index (κ1) is 10.6. The van der Waals surface area contributed by atoms with Crippen molar-refractivity contribution in [2.24, 2.45) is 5.92 Å². The van der Waals surface area contributed by atoms with Gasteiger partial charge in [0.1, 0.15) is 6.10 Å². The van der Waals surface area contributed by atoms with Crippen LogP contribution in [-0.2, 0) is 0 Å². The fourth-order valence-electron chi connectivity index (χ4n) is 1.74. The molecule has 1 N–H and O–H groups in total. The maximum absolute atomic E-state index is 5.67. The standard InChI is InChI=1S/C10H14ClN3O/c1-12-4-7-2-9(3-7)15-10-13-5-8(11)6-14-10/h5-7,9,12H,2-4H2,1H3. The van der Waals surface area contributed by atoms with Crippen molar-refractivity contribution >= 4 is 11.6 Å². The first-order chi connectivity index (χ1) is 7.28. The van der Waals surface area contributed by atoms with Gasteiger partial charge in [0.25, 0.3) is 0 Å². The molecule has 0 aromatic carbocycles. The Morgan fingerprint density at radius 3 is 2.73 bits per heavy atom. The molecule has 0 atom stereocenters. The number of hydrogen-bond donors (Lipinski definition) is 1. The van der Waals surface area contributed by atoms with Gasteiger partial charge >= 0.3 is 6.01 Å². The molecular formula is C10H14ClN3O. The quantitative estimate of drug-likeness (QED) is 0.847. The van der Waals surface area contributed by atoms with Gasteiger partial charge in [-0.15, -0.1) is 0 Å². The van der Waals surface area contributed by atoms with Gasteiger partial charge in [-0.2, -0.15) is 0 Å². The largest absolute Gasteiger partial charge is 0.460 e. The Hall–Kier alpha value is -0.870. The number of ether oxygens (including phenoxy) is 1. The van der Waals surface area contributed by atoms with Gasteiger partial charge in [-0.25, -0.2) is 9.97 Å². The molecule has 1 fully saturated rings. The summed E-state index contributed by atoms with van der Waals surface area (Å²) in [6, 6.07) is 0.423. The molecule has 1 aliphatic carbocycles. The van der Waals surface area contributed by atoms with Crippen LogP contribution >= 0.6 is 11.6 Å². The maximum atomic E-state index is 5.67. The Labute approximate surface area is 94.0 Å². The van der Waals surface area contributed by atoms with Crippen LogP contribution in [0.4, 0.5) is 0 Å². The monoisotopic (exact) mass is 227 g/mol. The summed E-state index contributed by atoms with van der Waals surface area (Å²) in [5, 5.41) is 3.69. The molecule has 0 spiro atoms. The number of hydrogen-bond acceptors (Lipinski definition) is 4. The zero-order valence-electron chi connectivity index (χ0n) is 8.61. The van der Waals surface area contributed by atoms with E-state index in [-0.39, 0.29) is 6.10 Å². The molecule has 4 nitrogen and oxygen atoms in total. The number of rotatable bonds is 4. The number of halogens is 1. The predicted molar refractivity (Wildman–Crippen MR) is 58.1 cm³/mol. The van der Waals surface area contributed by atoms with Gasteiger partial charge in [-0.3, -0.25) is 0 Å². The molecular weight excluding hydrogens is 214 g/mol. The lowest BCUT2D eigenvalue weighted by molar-refractivity contribution is 0.0573. The molecule has 0 unspecified atom stereocenters. The Kier molecular flexibility index (Phi) is 3.38. The van der Waals surface area contributed by atoms with Crippen LogP contribution in [0.1, 0.15) is 12.8 Å². The molecule has 82 valence electrons. The summed E-state index contributed by atoms with van der Waals surface area (Å²) in [7, 11) is 1.97. The second-order valence-corrected chi connectivity index (χ2v) is 4.26. The molecule has 0 aliphatic heterocycles. The fourth-order valence-corrected chi connectivity index (χ4v) is 1.83. The van der Waals surface area contributed by atoms with E-state index < -0.39 is 0 Å². The van der Waals surface area contributed by atoms with Gasteiger partial charge in [-0.05, 0) is 32.4 Å². The van der Waals surface area contributed by atoms with Crippen molar-refractivity contribution in [2.75, 3.05) is 13.6 Å². The van der Waals surface area contributed by atoms with Gasteiger partial charge in [0, 0.05) is 0 Å². The Morgan fingerprint density at radius 2 is 2.13 bits per heavy atom. The van der Waals surface area contributed by atoms with E-state index in [1.165, 1.54) is 0 Å².